The van der Waals surface area contributed by atoms with Crippen LogP contribution >= 0.6 is 0 Å². The molecule has 0 saturated carbocycles. The first kappa shape index (κ1) is 10.7. The van der Waals surface area contributed by atoms with Crippen molar-refractivity contribution >= 4 is 5.69 Å². The van der Waals surface area contributed by atoms with Crippen molar-refractivity contribution in [3.05, 3.63) is 29.8 Å². The largest absolute Gasteiger partial charge is 0.377 e. The predicted molar refractivity (Wildman–Crippen MR) is 45.5 cm³/mol. The molecule has 1 aromatic carbocycles. The molecule has 0 radical (unpaired) electrons. The average molecular weight is 183 g/mol. The van der Waals surface area contributed by atoms with E-state index in [1.165, 1.54) is 11.3 Å². The van der Waals surface area contributed by atoms with Gasteiger partial charge in [0.2, 0.25) is 0 Å². The molecular formula is C9H13NTi. The van der Waals surface area contributed by atoms with Gasteiger partial charge in [-0.3, -0.25) is 0 Å². The van der Waals surface area contributed by atoms with Crippen LogP contribution in [-0.4, -0.2) is 14.1 Å². The third kappa shape index (κ3) is 2.68. The van der Waals surface area contributed by atoms with Crippen molar-refractivity contribution in [1.29, 1.82) is 0 Å². The molecule has 0 unspecified atom stereocenters. The zero-order valence-corrected chi connectivity index (χ0v) is 8.82. The van der Waals surface area contributed by atoms with Gasteiger partial charge in [-0.1, -0.05) is 18.2 Å². The number of rotatable bonds is 1. The van der Waals surface area contributed by atoms with Crippen LogP contribution < -0.4 is 4.90 Å². The molecule has 1 nitrogen and oxygen atoms in total. The van der Waals surface area contributed by atoms with Crippen LogP contribution in [0.4, 0.5) is 5.69 Å². The van der Waals surface area contributed by atoms with Crippen LogP contribution in [0.3, 0.4) is 0 Å². The fourth-order valence-corrected chi connectivity index (χ4v) is 1.07. The van der Waals surface area contributed by atoms with Crippen LogP contribution in [0.5, 0.6) is 0 Å². The third-order valence-electron chi connectivity index (χ3n) is 1.60. The van der Waals surface area contributed by atoms with Gasteiger partial charge in [-0.15, -0.1) is 0 Å². The first-order chi connectivity index (χ1) is 4.72. The van der Waals surface area contributed by atoms with E-state index in [9.17, 15) is 0 Å². The van der Waals surface area contributed by atoms with E-state index in [2.05, 4.69) is 50.2 Å². The first-order valence-corrected chi connectivity index (χ1v) is 3.45. The fraction of sp³-hybridized carbons (Fsp3) is 0.333. The molecule has 11 heavy (non-hydrogen) atoms. The van der Waals surface area contributed by atoms with Gasteiger partial charge < -0.3 is 4.90 Å². The van der Waals surface area contributed by atoms with E-state index < -0.39 is 0 Å². The minimum absolute atomic E-state index is 0. The molecule has 1 aromatic rings. The summed E-state index contributed by atoms with van der Waals surface area (Å²) in [6.07, 6.45) is 0. The second-order valence-corrected chi connectivity index (χ2v) is 2.68. The topological polar surface area (TPSA) is 3.24 Å². The van der Waals surface area contributed by atoms with Crippen molar-refractivity contribution in [3.8, 4) is 0 Å². The second kappa shape index (κ2) is 4.58. The molecule has 0 N–H and O–H groups in total. The Morgan fingerprint density at radius 2 is 1.64 bits per heavy atom. The quantitative estimate of drug-likeness (QED) is 0.602. The number of para-hydroxylation sites is 1. The van der Waals surface area contributed by atoms with E-state index in [1.54, 1.807) is 0 Å². The molecule has 0 fully saturated rings. The Morgan fingerprint density at radius 1 is 1.09 bits per heavy atom. The third-order valence-corrected chi connectivity index (χ3v) is 1.60. The summed E-state index contributed by atoms with van der Waals surface area (Å²) in [6, 6.07) is 8.36. The summed E-state index contributed by atoms with van der Waals surface area (Å²) in [5, 5.41) is 0. The Balaban J connectivity index is 0.000001000. The van der Waals surface area contributed by atoms with E-state index in [0.717, 1.165) is 0 Å². The number of anilines is 1. The number of nitrogens with zero attached hydrogens (tertiary/aromatic N) is 1. The van der Waals surface area contributed by atoms with Crippen LogP contribution in [0.2, 0.25) is 0 Å². The summed E-state index contributed by atoms with van der Waals surface area (Å²) >= 11 is 0. The van der Waals surface area contributed by atoms with Gasteiger partial charge in [-0.05, 0) is 18.6 Å². The molecule has 2 heteroatoms. The Labute approximate surface area is 83.3 Å². The molecule has 0 spiro atoms. The SMILES string of the molecule is Cc1ccccc1N(C)C.[Ti]. The van der Waals surface area contributed by atoms with E-state index in [0.29, 0.717) is 0 Å². The maximum Gasteiger partial charge on any atom is 0.0390 e. The van der Waals surface area contributed by atoms with Crippen molar-refractivity contribution in [2.75, 3.05) is 19.0 Å². The van der Waals surface area contributed by atoms with Crippen LogP contribution in [0.25, 0.3) is 0 Å². The molecule has 0 aliphatic carbocycles. The summed E-state index contributed by atoms with van der Waals surface area (Å²) < 4.78 is 0. The van der Waals surface area contributed by atoms with E-state index in [-0.39, 0.29) is 21.7 Å². The minimum Gasteiger partial charge on any atom is -0.377 e. The van der Waals surface area contributed by atoms with Gasteiger partial charge in [0.05, 0.1) is 0 Å². The Morgan fingerprint density at radius 3 is 2.00 bits per heavy atom. The van der Waals surface area contributed by atoms with Crippen molar-refractivity contribution in [1.82, 2.24) is 0 Å². The first-order valence-electron chi connectivity index (χ1n) is 3.45. The predicted octanol–water partition coefficient (Wildman–Crippen LogP) is 2.06. The molecular weight excluding hydrogens is 170 g/mol. The van der Waals surface area contributed by atoms with Crippen molar-refractivity contribution in [2.45, 2.75) is 6.92 Å². The van der Waals surface area contributed by atoms with Crippen molar-refractivity contribution in [2.24, 2.45) is 0 Å². The molecule has 0 aromatic heterocycles. The average Bonchev–Trinajstić information content (AvgIpc) is 1.88. The normalized spacial score (nSPS) is 8.64. The Bertz CT molecular complexity index is 221. The van der Waals surface area contributed by atoms with Gasteiger partial charge in [-0.25, -0.2) is 0 Å². The molecule has 58 valence electrons. The maximum absolute atomic E-state index is 2.12. The van der Waals surface area contributed by atoms with Crippen LogP contribution in [0, 0.1) is 6.92 Å². The van der Waals surface area contributed by atoms with Gasteiger partial charge in [-0.2, -0.15) is 0 Å². The minimum atomic E-state index is 0. The van der Waals surface area contributed by atoms with Gasteiger partial charge in [0.1, 0.15) is 0 Å². The Kier molecular flexibility index (Phi) is 4.47. The molecule has 0 atom stereocenters. The summed E-state index contributed by atoms with van der Waals surface area (Å²) in [6.45, 7) is 2.12. The van der Waals surface area contributed by atoms with Crippen LogP contribution in [0.1, 0.15) is 5.56 Å². The van der Waals surface area contributed by atoms with Crippen LogP contribution in [-0.2, 0) is 21.7 Å². The summed E-state index contributed by atoms with van der Waals surface area (Å²) in [4.78, 5) is 2.12. The van der Waals surface area contributed by atoms with Crippen LogP contribution in [0.15, 0.2) is 24.3 Å². The number of hydrogen-bond acceptors (Lipinski definition) is 1. The molecule has 0 heterocycles. The number of benzene rings is 1. The van der Waals surface area contributed by atoms with Gasteiger partial charge >= 0.3 is 0 Å². The molecule has 1 rings (SSSR count). The Hall–Kier alpha value is -0.266. The molecule has 0 aliphatic heterocycles. The zero-order valence-electron chi connectivity index (χ0n) is 7.26. The van der Waals surface area contributed by atoms with Gasteiger partial charge in [0.15, 0.2) is 0 Å². The number of hydrogen-bond donors (Lipinski definition) is 0. The van der Waals surface area contributed by atoms with Crippen molar-refractivity contribution < 1.29 is 21.7 Å². The smallest absolute Gasteiger partial charge is 0.0390 e. The molecule has 0 bridgehead atoms. The molecule has 0 amide bonds. The standard InChI is InChI=1S/C9H13N.Ti/c1-8-6-4-5-7-9(8)10(2)3;/h4-7H,1-3H3;. The maximum atomic E-state index is 2.12. The summed E-state index contributed by atoms with van der Waals surface area (Å²) in [5.41, 5.74) is 2.62. The van der Waals surface area contributed by atoms with Gasteiger partial charge in [0.25, 0.3) is 0 Å². The second-order valence-electron chi connectivity index (χ2n) is 2.68. The monoisotopic (exact) mass is 183 g/mol. The van der Waals surface area contributed by atoms with Gasteiger partial charge in [0, 0.05) is 41.5 Å². The van der Waals surface area contributed by atoms with Crippen molar-refractivity contribution in [3.63, 3.8) is 0 Å². The summed E-state index contributed by atoms with van der Waals surface area (Å²) in [5.74, 6) is 0. The molecule has 0 saturated heterocycles. The molecule has 0 aliphatic rings. The van der Waals surface area contributed by atoms with E-state index in [1.807, 2.05) is 0 Å². The van der Waals surface area contributed by atoms with E-state index >= 15 is 0 Å². The summed E-state index contributed by atoms with van der Waals surface area (Å²) in [7, 11) is 4.12. The fourth-order valence-electron chi connectivity index (χ4n) is 1.07. The van der Waals surface area contributed by atoms with E-state index in [4.69, 9.17) is 0 Å². The number of aryl methyl sites for hydroxylation is 1. The zero-order chi connectivity index (χ0) is 7.56.